The van der Waals surface area contributed by atoms with E-state index >= 15 is 0 Å². The summed E-state index contributed by atoms with van der Waals surface area (Å²) in [6, 6.07) is 17.0. The van der Waals surface area contributed by atoms with Crippen LogP contribution < -0.4 is 10.2 Å². The van der Waals surface area contributed by atoms with Gasteiger partial charge in [-0.1, -0.05) is 74.3 Å². The molecule has 1 aromatic heterocycles. The van der Waals surface area contributed by atoms with Crippen molar-refractivity contribution in [3.05, 3.63) is 97.1 Å². The standard InChI is InChI=1S/C28H26Cl2O3/c1-16-12-22-24(13-17(16)2)33-26(18-6-9-20(10-7-18)28(3,4)5)27(25(22)31)32-15-19-8-11-21(29)14-23(19)30/h6-14H,15H2,1-5H3. The molecule has 0 fully saturated rings. The van der Waals surface area contributed by atoms with Crippen LogP contribution in [0.4, 0.5) is 0 Å². The Kier molecular flexibility index (Phi) is 6.30. The molecule has 0 spiro atoms. The molecule has 0 saturated heterocycles. The quantitative estimate of drug-likeness (QED) is 0.295. The highest BCUT2D eigenvalue weighted by atomic mass is 35.5. The first-order valence-electron chi connectivity index (χ1n) is 10.8. The number of hydrogen-bond donors (Lipinski definition) is 0. The van der Waals surface area contributed by atoms with E-state index < -0.39 is 0 Å². The summed E-state index contributed by atoms with van der Waals surface area (Å²) in [5, 5.41) is 1.51. The largest absolute Gasteiger partial charge is 0.481 e. The summed E-state index contributed by atoms with van der Waals surface area (Å²) in [5.74, 6) is 0.571. The third kappa shape index (κ3) is 4.80. The summed E-state index contributed by atoms with van der Waals surface area (Å²) in [6.07, 6.45) is 0. The lowest BCUT2D eigenvalue weighted by molar-refractivity contribution is 0.298. The number of hydrogen-bond acceptors (Lipinski definition) is 3. The minimum absolute atomic E-state index is 0.0159. The molecule has 0 aliphatic heterocycles. The van der Waals surface area contributed by atoms with Crippen LogP contribution in [0, 0.1) is 13.8 Å². The van der Waals surface area contributed by atoms with Crippen molar-refractivity contribution in [1.29, 1.82) is 0 Å². The maximum Gasteiger partial charge on any atom is 0.235 e. The van der Waals surface area contributed by atoms with Crippen LogP contribution in [0.15, 0.2) is 63.8 Å². The molecule has 0 radical (unpaired) electrons. The smallest absolute Gasteiger partial charge is 0.235 e. The zero-order chi connectivity index (χ0) is 23.9. The normalized spacial score (nSPS) is 11.7. The number of rotatable bonds is 4. The summed E-state index contributed by atoms with van der Waals surface area (Å²) >= 11 is 12.3. The SMILES string of the molecule is Cc1cc2oc(-c3ccc(C(C)(C)C)cc3)c(OCc3ccc(Cl)cc3Cl)c(=O)c2cc1C. The van der Waals surface area contributed by atoms with E-state index in [1.165, 1.54) is 5.56 Å². The molecule has 4 rings (SSSR count). The highest BCUT2D eigenvalue weighted by Gasteiger charge is 2.20. The predicted molar refractivity (Wildman–Crippen MR) is 137 cm³/mol. The Morgan fingerprint density at radius 2 is 1.58 bits per heavy atom. The van der Waals surface area contributed by atoms with Crippen LogP contribution in [0.1, 0.15) is 43.0 Å². The molecule has 0 aliphatic carbocycles. The summed E-state index contributed by atoms with van der Waals surface area (Å²) in [5.41, 5.74) is 5.12. The third-order valence-electron chi connectivity index (χ3n) is 5.87. The summed E-state index contributed by atoms with van der Waals surface area (Å²) in [7, 11) is 0. The molecule has 170 valence electrons. The molecule has 4 aromatic rings. The van der Waals surface area contributed by atoms with Gasteiger partial charge in [0.1, 0.15) is 12.2 Å². The van der Waals surface area contributed by atoms with Gasteiger partial charge < -0.3 is 9.15 Å². The van der Waals surface area contributed by atoms with Crippen molar-refractivity contribution >= 4 is 34.2 Å². The van der Waals surface area contributed by atoms with Gasteiger partial charge in [0.2, 0.25) is 11.2 Å². The monoisotopic (exact) mass is 480 g/mol. The Balaban J connectivity index is 1.86. The molecule has 3 nitrogen and oxygen atoms in total. The summed E-state index contributed by atoms with van der Waals surface area (Å²) in [6.45, 7) is 10.6. The van der Waals surface area contributed by atoms with E-state index in [1.54, 1.807) is 18.2 Å². The van der Waals surface area contributed by atoms with Crippen LogP contribution in [0.5, 0.6) is 5.75 Å². The van der Waals surface area contributed by atoms with Crippen LogP contribution in [0.2, 0.25) is 10.0 Å². The lowest BCUT2D eigenvalue weighted by Gasteiger charge is -2.19. The molecule has 1 heterocycles. The van der Waals surface area contributed by atoms with Gasteiger partial charge in [-0.3, -0.25) is 4.79 Å². The highest BCUT2D eigenvalue weighted by molar-refractivity contribution is 6.35. The van der Waals surface area contributed by atoms with E-state index in [1.807, 2.05) is 38.1 Å². The van der Waals surface area contributed by atoms with Gasteiger partial charge in [-0.2, -0.15) is 0 Å². The fourth-order valence-corrected chi connectivity index (χ4v) is 4.13. The third-order valence-corrected chi connectivity index (χ3v) is 6.45. The van der Waals surface area contributed by atoms with Gasteiger partial charge in [0.15, 0.2) is 5.76 Å². The minimum atomic E-state index is -0.209. The molecule has 0 bridgehead atoms. The van der Waals surface area contributed by atoms with Crippen molar-refractivity contribution in [3.8, 4) is 17.1 Å². The lowest BCUT2D eigenvalue weighted by atomic mass is 9.86. The Morgan fingerprint density at radius 3 is 2.21 bits per heavy atom. The highest BCUT2D eigenvalue weighted by Crippen LogP contribution is 2.34. The van der Waals surface area contributed by atoms with Crippen molar-refractivity contribution in [3.63, 3.8) is 0 Å². The topological polar surface area (TPSA) is 39.4 Å². The Morgan fingerprint density at radius 1 is 0.909 bits per heavy atom. The first-order chi connectivity index (χ1) is 15.5. The Labute approximate surface area is 203 Å². The van der Waals surface area contributed by atoms with Crippen molar-refractivity contribution < 1.29 is 9.15 Å². The molecule has 0 atom stereocenters. The van der Waals surface area contributed by atoms with Crippen LogP contribution >= 0.6 is 23.2 Å². The first kappa shape index (κ1) is 23.4. The number of fused-ring (bicyclic) bond motifs is 1. The predicted octanol–water partition coefficient (Wildman–Crippen LogP) is 8.26. The molecule has 0 saturated carbocycles. The van der Waals surface area contributed by atoms with Gasteiger partial charge in [0, 0.05) is 21.2 Å². The van der Waals surface area contributed by atoms with Gasteiger partial charge >= 0.3 is 0 Å². The molecule has 0 unspecified atom stereocenters. The lowest BCUT2D eigenvalue weighted by Crippen LogP contribution is -2.12. The van der Waals surface area contributed by atoms with E-state index in [0.717, 1.165) is 22.3 Å². The zero-order valence-corrected chi connectivity index (χ0v) is 20.9. The number of halogens is 2. The zero-order valence-electron chi connectivity index (χ0n) is 19.4. The number of benzene rings is 3. The van der Waals surface area contributed by atoms with E-state index in [-0.39, 0.29) is 23.2 Å². The van der Waals surface area contributed by atoms with E-state index in [2.05, 4.69) is 32.9 Å². The second-order valence-corrected chi connectivity index (χ2v) is 10.2. The van der Waals surface area contributed by atoms with Crippen LogP contribution in [-0.2, 0) is 12.0 Å². The first-order valence-corrected chi connectivity index (χ1v) is 11.6. The maximum atomic E-state index is 13.5. The Hall–Kier alpha value is -2.75. The fourth-order valence-electron chi connectivity index (χ4n) is 3.66. The molecule has 0 N–H and O–H groups in total. The summed E-state index contributed by atoms with van der Waals surface area (Å²) < 4.78 is 12.4. The Bertz CT molecular complexity index is 1390. The molecule has 33 heavy (non-hydrogen) atoms. The van der Waals surface area contributed by atoms with E-state index in [9.17, 15) is 4.79 Å². The van der Waals surface area contributed by atoms with Crippen molar-refractivity contribution in [2.24, 2.45) is 0 Å². The second-order valence-electron chi connectivity index (χ2n) is 9.37. The molecular weight excluding hydrogens is 455 g/mol. The molecular formula is C28H26Cl2O3. The molecule has 5 heteroatoms. The van der Waals surface area contributed by atoms with Gasteiger partial charge in [-0.05, 0) is 60.2 Å². The van der Waals surface area contributed by atoms with Crippen molar-refractivity contribution in [2.75, 3.05) is 0 Å². The van der Waals surface area contributed by atoms with Gasteiger partial charge in [-0.15, -0.1) is 0 Å². The van der Waals surface area contributed by atoms with Crippen LogP contribution in [0.3, 0.4) is 0 Å². The van der Waals surface area contributed by atoms with E-state index in [4.69, 9.17) is 32.4 Å². The second kappa shape index (κ2) is 8.89. The maximum absolute atomic E-state index is 13.5. The van der Waals surface area contributed by atoms with E-state index in [0.29, 0.717) is 26.8 Å². The minimum Gasteiger partial charge on any atom is -0.481 e. The van der Waals surface area contributed by atoms with Gasteiger partial charge in [0.25, 0.3) is 0 Å². The average molecular weight is 481 g/mol. The molecule has 3 aromatic carbocycles. The van der Waals surface area contributed by atoms with Crippen LogP contribution in [-0.4, -0.2) is 0 Å². The number of aryl methyl sites for hydroxylation is 2. The van der Waals surface area contributed by atoms with Gasteiger partial charge in [-0.25, -0.2) is 0 Å². The van der Waals surface area contributed by atoms with Crippen molar-refractivity contribution in [1.82, 2.24) is 0 Å². The number of ether oxygens (including phenoxy) is 1. The van der Waals surface area contributed by atoms with Crippen LogP contribution in [0.25, 0.3) is 22.3 Å². The summed E-state index contributed by atoms with van der Waals surface area (Å²) in [4.78, 5) is 13.5. The molecule has 0 amide bonds. The van der Waals surface area contributed by atoms with Crippen molar-refractivity contribution in [2.45, 2.75) is 46.6 Å². The van der Waals surface area contributed by atoms with Gasteiger partial charge in [0.05, 0.1) is 5.39 Å². The average Bonchev–Trinajstić information content (AvgIpc) is 2.75. The molecule has 0 aliphatic rings. The fraction of sp³-hybridized carbons (Fsp3) is 0.250.